The van der Waals surface area contributed by atoms with Crippen molar-refractivity contribution in [3.05, 3.63) is 0 Å². The summed E-state index contributed by atoms with van der Waals surface area (Å²) in [7, 11) is 0. The van der Waals surface area contributed by atoms with Crippen molar-refractivity contribution in [2.45, 2.75) is 65.2 Å². The summed E-state index contributed by atoms with van der Waals surface area (Å²) in [5.74, 6) is 1.64. The van der Waals surface area contributed by atoms with Crippen LogP contribution in [0, 0.1) is 11.8 Å². The van der Waals surface area contributed by atoms with Crippen molar-refractivity contribution >= 4 is 11.6 Å². The van der Waals surface area contributed by atoms with Crippen molar-refractivity contribution in [1.82, 2.24) is 0 Å². The lowest BCUT2D eigenvalue weighted by molar-refractivity contribution is 0.420. The van der Waals surface area contributed by atoms with Crippen molar-refractivity contribution < 1.29 is 0 Å². The molecular weight excluding hydrogens is 180 g/mol. The molecule has 1 unspecified atom stereocenters. The topological polar surface area (TPSA) is 0 Å². The quantitative estimate of drug-likeness (QED) is 0.520. The first-order chi connectivity index (χ1) is 6.10. The zero-order chi connectivity index (χ0) is 10.3. The molecule has 0 fully saturated rings. The Hall–Kier alpha value is 0.290. The molecule has 0 saturated heterocycles. The fourth-order valence-corrected chi connectivity index (χ4v) is 2.23. The predicted molar refractivity (Wildman–Crippen MR) is 62.4 cm³/mol. The van der Waals surface area contributed by atoms with Gasteiger partial charge in [-0.05, 0) is 31.1 Å². The van der Waals surface area contributed by atoms with Gasteiger partial charge in [0, 0.05) is 5.38 Å². The molecule has 0 aromatic carbocycles. The summed E-state index contributed by atoms with van der Waals surface area (Å²) in [6.45, 7) is 9.04. The Morgan fingerprint density at radius 3 is 1.92 bits per heavy atom. The van der Waals surface area contributed by atoms with Crippen molar-refractivity contribution in [3.8, 4) is 0 Å². The van der Waals surface area contributed by atoms with Gasteiger partial charge < -0.3 is 0 Å². The maximum absolute atomic E-state index is 6.23. The highest BCUT2D eigenvalue weighted by Gasteiger charge is 2.10. The van der Waals surface area contributed by atoms with E-state index in [0.717, 1.165) is 11.8 Å². The fourth-order valence-electron chi connectivity index (χ4n) is 1.74. The van der Waals surface area contributed by atoms with Gasteiger partial charge in [0.05, 0.1) is 0 Å². The van der Waals surface area contributed by atoms with Gasteiger partial charge in [-0.15, -0.1) is 11.6 Å². The number of hydrogen-bond acceptors (Lipinski definition) is 0. The van der Waals surface area contributed by atoms with E-state index in [4.69, 9.17) is 11.6 Å². The molecule has 1 heteroatoms. The number of hydrogen-bond donors (Lipinski definition) is 0. The summed E-state index contributed by atoms with van der Waals surface area (Å²) >= 11 is 6.23. The third kappa shape index (κ3) is 7.37. The molecule has 0 rings (SSSR count). The maximum atomic E-state index is 6.23. The highest BCUT2D eigenvalue weighted by molar-refractivity contribution is 6.20. The van der Waals surface area contributed by atoms with E-state index >= 15 is 0 Å². The zero-order valence-corrected chi connectivity index (χ0v) is 10.4. The molecule has 1 atom stereocenters. The molecule has 0 aliphatic heterocycles. The molecular formula is C12H25Cl. The maximum Gasteiger partial charge on any atom is 0.0338 e. The van der Waals surface area contributed by atoms with Crippen molar-refractivity contribution in [3.63, 3.8) is 0 Å². The third-order valence-corrected chi connectivity index (χ3v) is 3.17. The second-order valence-electron chi connectivity index (χ2n) is 4.49. The molecule has 0 aromatic heterocycles. The van der Waals surface area contributed by atoms with E-state index in [1.54, 1.807) is 0 Å². The molecule has 0 nitrogen and oxygen atoms in total. The van der Waals surface area contributed by atoms with Gasteiger partial charge in [-0.3, -0.25) is 0 Å². The van der Waals surface area contributed by atoms with Crippen LogP contribution < -0.4 is 0 Å². The van der Waals surface area contributed by atoms with Crippen LogP contribution in [0.15, 0.2) is 0 Å². The van der Waals surface area contributed by atoms with Crippen LogP contribution in [0.5, 0.6) is 0 Å². The van der Waals surface area contributed by atoms with Gasteiger partial charge in [-0.2, -0.15) is 0 Å². The first kappa shape index (κ1) is 13.3. The molecule has 0 aliphatic rings. The molecule has 0 saturated carbocycles. The number of halogens is 1. The Morgan fingerprint density at radius 1 is 1.00 bits per heavy atom. The highest BCUT2D eigenvalue weighted by atomic mass is 35.5. The summed E-state index contributed by atoms with van der Waals surface area (Å²) < 4.78 is 0. The van der Waals surface area contributed by atoms with Gasteiger partial charge in [0.25, 0.3) is 0 Å². The van der Waals surface area contributed by atoms with E-state index < -0.39 is 0 Å². The van der Waals surface area contributed by atoms with Crippen LogP contribution in [0.25, 0.3) is 0 Å². The summed E-state index contributed by atoms with van der Waals surface area (Å²) in [6.07, 6.45) is 6.30. The van der Waals surface area contributed by atoms with Crippen molar-refractivity contribution in [1.29, 1.82) is 0 Å². The van der Waals surface area contributed by atoms with E-state index in [1.807, 2.05) is 0 Å². The monoisotopic (exact) mass is 204 g/mol. The van der Waals surface area contributed by atoms with Gasteiger partial charge >= 0.3 is 0 Å². The third-order valence-electron chi connectivity index (χ3n) is 2.77. The molecule has 13 heavy (non-hydrogen) atoms. The molecule has 0 aliphatic carbocycles. The van der Waals surface area contributed by atoms with Crippen LogP contribution in [-0.2, 0) is 0 Å². The minimum atomic E-state index is 0.403. The molecule has 0 radical (unpaired) electrons. The van der Waals surface area contributed by atoms with Gasteiger partial charge in [0.2, 0.25) is 0 Å². The average Bonchev–Trinajstić information content (AvgIpc) is 2.05. The number of rotatable bonds is 7. The van der Waals surface area contributed by atoms with Crippen LogP contribution in [0.4, 0.5) is 0 Å². The minimum Gasteiger partial charge on any atom is -0.123 e. The normalized spacial score (nSPS) is 14.1. The second-order valence-corrected chi connectivity index (χ2v) is 5.10. The van der Waals surface area contributed by atoms with E-state index in [2.05, 4.69) is 27.7 Å². The zero-order valence-electron chi connectivity index (χ0n) is 9.65. The second kappa shape index (κ2) is 7.67. The van der Waals surface area contributed by atoms with Crippen LogP contribution in [0.1, 0.15) is 59.8 Å². The van der Waals surface area contributed by atoms with E-state index in [0.29, 0.717) is 5.38 Å². The molecule has 0 N–H and O–H groups in total. The first-order valence-corrected chi connectivity index (χ1v) is 6.17. The molecule has 0 aromatic rings. The van der Waals surface area contributed by atoms with Crippen LogP contribution in [0.3, 0.4) is 0 Å². The minimum absolute atomic E-state index is 0.403. The van der Waals surface area contributed by atoms with Gasteiger partial charge in [0.15, 0.2) is 0 Å². The fraction of sp³-hybridized carbons (Fsp3) is 1.00. The van der Waals surface area contributed by atoms with Crippen molar-refractivity contribution in [2.75, 3.05) is 0 Å². The molecule has 0 spiro atoms. The van der Waals surface area contributed by atoms with Gasteiger partial charge in [-0.25, -0.2) is 0 Å². The van der Waals surface area contributed by atoms with Crippen LogP contribution in [0.2, 0.25) is 0 Å². The standard InChI is InChI=1S/C12H25Cl/c1-5-11(6-2)7-8-12(13)9-10(3)4/h10-12H,5-9H2,1-4H3. The molecule has 0 heterocycles. The largest absolute Gasteiger partial charge is 0.123 e. The van der Waals surface area contributed by atoms with Crippen LogP contribution in [-0.4, -0.2) is 5.38 Å². The van der Waals surface area contributed by atoms with Gasteiger partial charge in [0.1, 0.15) is 0 Å². The van der Waals surface area contributed by atoms with Gasteiger partial charge in [-0.1, -0.05) is 40.5 Å². The predicted octanol–water partition coefficient (Wildman–Crippen LogP) is 4.86. The number of alkyl halides is 1. The Morgan fingerprint density at radius 2 is 1.54 bits per heavy atom. The lowest BCUT2D eigenvalue weighted by Gasteiger charge is -2.16. The smallest absolute Gasteiger partial charge is 0.0338 e. The SMILES string of the molecule is CCC(CC)CCC(Cl)CC(C)C. The average molecular weight is 205 g/mol. The first-order valence-electron chi connectivity index (χ1n) is 5.74. The molecule has 80 valence electrons. The summed E-state index contributed by atoms with van der Waals surface area (Å²) in [6, 6.07) is 0. The van der Waals surface area contributed by atoms with E-state index in [1.165, 1.54) is 32.1 Å². The Bertz CT molecular complexity index is 106. The Kier molecular flexibility index (Phi) is 7.84. The van der Waals surface area contributed by atoms with Crippen LogP contribution >= 0.6 is 11.6 Å². The summed E-state index contributed by atoms with van der Waals surface area (Å²) in [4.78, 5) is 0. The summed E-state index contributed by atoms with van der Waals surface area (Å²) in [5.41, 5.74) is 0. The Balaban J connectivity index is 3.49. The Labute approximate surface area is 89.1 Å². The van der Waals surface area contributed by atoms with E-state index in [-0.39, 0.29) is 0 Å². The van der Waals surface area contributed by atoms with Crippen molar-refractivity contribution in [2.24, 2.45) is 11.8 Å². The highest BCUT2D eigenvalue weighted by Crippen LogP contribution is 2.21. The molecule has 0 bridgehead atoms. The van der Waals surface area contributed by atoms with E-state index in [9.17, 15) is 0 Å². The summed E-state index contributed by atoms with van der Waals surface area (Å²) in [5, 5.41) is 0.403. The molecule has 0 amide bonds. The lowest BCUT2D eigenvalue weighted by atomic mass is 9.94. The lowest BCUT2D eigenvalue weighted by Crippen LogP contribution is -2.06.